The third kappa shape index (κ3) is 5.47. The lowest BCUT2D eigenvalue weighted by Crippen LogP contribution is -2.03. The molecule has 0 saturated carbocycles. The number of hydrogen-bond donors (Lipinski definition) is 1. The van der Waals surface area contributed by atoms with Crippen LogP contribution in [0.2, 0.25) is 0 Å². The van der Waals surface area contributed by atoms with Gasteiger partial charge in [-0.25, -0.2) is 0 Å². The average Bonchev–Trinajstić information content (AvgIpc) is 2.94. The molecule has 0 atom stereocenters. The normalized spacial score (nSPS) is 11.2. The molecule has 0 bridgehead atoms. The maximum Gasteiger partial charge on any atom is 0.416 e. The highest BCUT2D eigenvalue weighted by Crippen LogP contribution is 2.32. The van der Waals surface area contributed by atoms with E-state index in [9.17, 15) is 13.2 Å². The Hall–Kier alpha value is -4.77. The van der Waals surface area contributed by atoms with Crippen LogP contribution in [0.3, 0.4) is 0 Å². The number of alkyl halides is 3. The minimum absolute atomic E-state index is 0.518. The topological polar surface area (TPSA) is 35.2 Å². The van der Waals surface area contributed by atoms with Gasteiger partial charge in [0.2, 0.25) is 0 Å². The summed E-state index contributed by atoms with van der Waals surface area (Å²) < 4.78 is 44.3. The maximum absolute atomic E-state index is 12.8. The molecule has 0 spiro atoms. The molecular formula is C33H24F3NO. The summed E-state index contributed by atoms with van der Waals surface area (Å²) in [4.78, 5) is 0. The molecule has 0 aliphatic heterocycles. The smallest absolute Gasteiger partial charge is 0.416 e. The van der Waals surface area contributed by atoms with Crippen molar-refractivity contribution in [2.45, 2.75) is 6.18 Å². The van der Waals surface area contributed by atoms with Gasteiger partial charge in [-0.2, -0.15) is 13.2 Å². The lowest BCUT2D eigenvalue weighted by atomic mass is 9.97. The Balaban J connectivity index is 1.27. The monoisotopic (exact) mass is 507 g/mol. The standard InChI is InChI=1S/C33H24F3NO/c1-22(38-32-5-3-2-4-31(32)37)23-6-8-24(9-7-23)25-10-12-26(13-11-25)27-14-16-28(17-15-27)29-18-20-30(21-19-29)33(34,35)36/h2-21H,1,37H2. The van der Waals surface area contributed by atoms with E-state index in [0.29, 0.717) is 17.2 Å². The van der Waals surface area contributed by atoms with E-state index in [4.69, 9.17) is 10.5 Å². The first-order valence-corrected chi connectivity index (χ1v) is 12.0. The predicted molar refractivity (Wildman–Crippen MR) is 148 cm³/mol. The number of ether oxygens (including phenoxy) is 1. The van der Waals surface area contributed by atoms with E-state index in [1.54, 1.807) is 12.1 Å². The first kappa shape index (κ1) is 24.9. The van der Waals surface area contributed by atoms with E-state index >= 15 is 0 Å². The molecule has 2 N–H and O–H groups in total. The Morgan fingerprint density at radius 3 is 1.32 bits per heavy atom. The molecule has 5 rings (SSSR count). The van der Waals surface area contributed by atoms with Crippen molar-refractivity contribution in [1.82, 2.24) is 0 Å². The Kier molecular flexibility index (Phi) is 6.75. The summed E-state index contributed by atoms with van der Waals surface area (Å²) in [6.07, 6.45) is -4.34. The van der Waals surface area contributed by atoms with E-state index in [1.807, 2.05) is 60.7 Å². The van der Waals surface area contributed by atoms with Crippen LogP contribution in [0.15, 0.2) is 128 Å². The Bertz CT molecular complexity index is 1550. The second-order valence-corrected chi connectivity index (χ2v) is 8.87. The fraction of sp³-hybridized carbons (Fsp3) is 0.0303. The Labute approximate surface area is 219 Å². The number of nitrogen functional groups attached to an aromatic ring is 1. The number of nitrogens with two attached hydrogens (primary N) is 1. The van der Waals surface area contributed by atoms with Gasteiger partial charge in [0, 0.05) is 5.56 Å². The van der Waals surface area contributed by atoms with Crippen molar-refractivity contribution >= 4 is 11.4 Å². The van der Waals surface area contributed by atoms with Crippen LogP contribution in [-0.2, 0) is 6.18 Å². The number of para-hydroxylation sites is 2. The second-order valence-electron chi connectivity index (χ2n) is 8.87. The molecule has 0 aliphatic rings. The first-order valence-electron chi connectivity index (χ1n) is 12.0. The molecular weight excluding hydrogens is 483 g/mol. The maximum atomic E-state index is 12.8. The number of benzene rings is 5. The molecule has 0 heterocycles. The van der Waals surface area contributed by atoms with Crippen molar-refractivity contribution in [2.24, 2.45) is 0 Å². The van der Waals surface area contributed by atoms with Crippen molar-refractivity contribution in [3.63, 3.8) is 0 Å². The zero-order valence-corrected chi connectivity index (χ0v) is 20.4. The number of anilines is 1. The fourth-order valence-electron chi connectivity index (χ4n) is 4.18. The van der Waals surface area contributed by atoms with Crippen LogP contribution in [0.5, 0.6) is 5.75 Å². The molecule has 0 amide bonds. The van der Waals surface area contributed by atoms with Crippen LogP contribution < -0.4 is 10.5 Å². The van der Waals surface area contributed by atoms with E-state index < -0.39 is 11.7 Å². The van der Waals surface area contributed by atoms with Crippen LogP contribution >= 0.6 is 0 Å². The molecule has 188 valence electrons. The zero-order valence-electron chi connectivity index (χ0n) is 20.4. The highest BCUT2D eigenvalue weighted by molar-refractivity contribution is 5.74. The summed E-state index contributed by atoms with van der Waals surface area (Å²) in [5, 5.41) is 0. The predicted octanol–water partition coefficient (Wildman–Crippen LogP) is 9.34. The summed E-state index contributed by atoms with van der Waals surface area (Å²) in [6.45, 7) is 4.02. The van der Waals surface area contributed by atoms with Gasteiger partial charge in [0.1, 0.15) is 11.5 Å². The second kappa shape index (κ2) is 10.3. The Morgan fingerprint density at radius 1 is 0.553 bits per heavy atom. The molecule has 0 aliphatic carbocycles. The zero-order chi connectivity index (χ0) is 26.7. The SMILES string of the molecule is C=C(Oc1ccccc1N)c1ccc(-c2ccc(-c3ccc(-c4ccc(C(F)(F)F)cc4)cc3)cc2)cc1. The van der Waals surface area contributed by atoms with Crippen LogP contribution in [0.25, 0.3) is 39.1 Å². The van der Waals surface area contributed by atoms with Gasteiger partial charge in [-0.3, -0.25) is 0 Å². The molecule has 5 heteroatoms. The summed E-state index contributed by atoms with van der Waals surface area (Å²) in [5.41, 5.74) is 12.5. The summed E-state index contributed by atoms with van der Waals surface area (Å²) in [7, 11) is 0. The van der Waals surface area contributed by atoms with E-state index in [0.717, 1.165) is 51.1 Å². The lowest BCUT2D eigenvalue weighted by molar-refractivity contribution is -0.137. The molecule has 0 radical (unpaired) electrons. The molecule has 2 nitrogen and oxygen atoms in total. The molecule has 0 saturated heterocycles. The molecule has 0 aromatic heterocycles. The third-order valence-corrected chi connectivity index (χ3v) is 6.34. The van der Waals surface area contributed by atoms with Gasteiger partial charge in [0.05, 0.1) is 11.3 Å². The quantitative estimate of drug-likeness (QED) is 0.184. The van der Waals surface area contributed by atoms with E-state index in [-0.39, 0.29) is 0 Å². The molecule has 5 aromatic rings. The summed E-state index contributed by atoms with van der Waals surface area (Å²) >= 11 is 0. The van der Waals surface area contributed by atoms with Crippen LogP contribution in [0, 0.1) is 0 Å². The van der Waals surface area contributed by atoms with Crippen LogP contribution in [0.1, 0.15) is 11.1 Å². The average molecular weight is 508 g/mol. The van der Waals surface area contributed by atoms with Crippen molar-refractivity contribution in [3.05, 3.63) is 139 Å². The summed E-state index contributed by atoms with van der Waals surface area (Å²) in [5.74, 6) is 1.09. The van der Waals surface area contributed by atoms with E-state index in [2.05, 4.69) is 30.8 Å². The number of rotatable bonds is 6. The van der Waals surface area contributed by atoms with Crippen molar-refractivity contribution in [1.29, 1.82) is 0 Å². The van der Waals surface area contributed by atoms with Crippen molar-refractivity contribution < 1.29 is 17.9 Å². The first-order chi connectivity index (χ1) is 18.3. The molecule has 0 fully saturated rings. The van der Waals surface area contributed by atoms with Gasteiger partial charge in [0.25, 0.3) is 0 Å². The molecule has 5 aromatic carbocycles. The van der Waals surface area contributed by atoms with Gasteiger partial charge < -0.3 is 10.5 Å². The van der Waals surface area contributed by atoms with Gasteiger partial charge >= 0.3 is 6.18 Å². The number of hydrogen-bond acceptors (Lipinski definition) is 2. The molecule has 38 heavy (non-hydrogen) atoms. The van der Waals surface area contributed by atoms with Gasteiger partial charge in [-0.1, -0.05) is 104 Å². The minimum Gasteiger partial charge on any atom is -0.455 e. The van der Waals surface area contributed by atoms with Gasteiger partial charge in [-0.05, 0) is 57.6 Å². The van der Waals surface area contributed by atoms with Crippen molar-refractivity contribution in [2.75, 3.05) is 5.73 Å². The Morgan fingerprint density at radius 2 is 0.921 bits per heavy atom. The van der Waals surface area contributed by atoms with Crippen LogP contribution in [-0.4, -0.2) is 0 Å². The summed E-state index contributed by atoms with van der Waals surface area (Å²) in [6, 6.07) is 36.5. The third-order valence-electron chi connectivity index (χ3n) is 6.34. The fourth-order valence-corrected chi connectivity index (χ4v) is 4.18. The van der Waals surface area contributed by atoms with Crippen molar-refractivity contribution in [3.8, 4) is 39.1 Å². The molecule has 0 unspecified atom stereocenters. The lowest BCUT2D eigenvalue weighted by Gasteiger charge is -2.12. The van der Waals surface area contributed by atoms with E-state index in [1.165, 1.54) is 12.1 Å². The van der Waals surface area contributed by atoms with Crippen LogP contribution in [0.4, 0.5) is 18.9 Å². The largest absolute Gasteiger partial charge is 0.455 e. The van der Waals surface area contributed by atoms with Gasteiger partial charge in [-0.15, -0.1) is 0 Å². The highest BCUT2D eigenvalue weighted by atomic mass is 19.4. The number of halogens is 3. The highest BCUT2D eigenvalue weighted by Gasteiger charge is 2.29. The van der Waals surface area contributed by atoms with Gasteiger partial charge in [0.15, 0.2) is 0 Å². The minimum atomic E-state index is -4.34.